The molecule has 18 heavy (non-hydrogen) atoms. The maximum Gasteiger partial charge on any atom is 0.239 e. The van der Waals surface area contributed by atoms with Crippen LogP contribution in [0.1, 0.15) is 32.6 Å². The Labute approximate surface area is 107 Å². The fourth-order valence-corrected chi connectivity index (χ4v) is 2.03. The second kappa shape index (κ2) is 5.44. The number of nitrogens with zero attached hydrogens (tertiary/aromatic N) is 1. The summed E-state index contributed by atoms with van der Waals surface area (Å²) in [6.45, 7) is 2.77. The van der Waals surface area contributed by atoms with Crippen LogP contribution in [0.5, 0.6) is 5.88 Å². The summed E-state index contributed by atoms with van der Waals surface area (Å²) in [6.07, 6.45) is 4.00. The Kier molecular flexibility index (Phi) is 3.91. The lowest BCUT2D eigenvalue weighted by atomic mass is 9.77. The van der Waals surface area contributed by atoms with Crippen molar-refractivity contribution in [2.75, 3.05) is 24.3 Å². The third-order valence-corrected chi connectivity index (χ3v) is 3.34. The number of aliphatic hydroxyl groups is 1. The third-order valence-electron chi connectivity index (χ3n) is 3.34. The summed E-state index contributed by atoms with van der Waals surface area (Å²) in [7, 11) is 0. The molecule has 1 aliphatic rings. The summed E-state index contributed by atoms with van der Waals surface area (Å²) in [4.78, 5) is 4.36. The van der Waals surface area contributed by atoms with Crippen molar-refractivity contribution in [2.45, 2.75) is 38.1 Å². The zero-order chi connectivity index (χ0) is 13.0. The van der Waals surface area contributed by atoms with E-state index in [4.69, 9.17) is 10.5 Å². The van der Waals surface area contributed by atoms with Crippen molar-refractivity contribution in [3.05, 3.63) is 12.1 Å². The minimum atomic E-state index is -0.203. The van der Waals surface area contributed by atoms with Crippen LogP contribution in [0, 0.1) is 0 Å². The standard InChI is InChI=1S/C13H21N3O2/c1-2-8-18-12-10(14)4-5-11(15-12)16-13(9-17)6-3-7-13/h4-5,17H,2-3,6-9,14H2,1H3,(H,15,16). The van der Waals surface area contributed by atoms with E-state index >= 15 is 0 Å². The van der Waals surface area contributed by atoms with Crippen molar-refractivity contribution in [2.24, 2.45) is 0 Å². The molecule has 100 valence electrons. The van der Waals surface area contributed by atoms with Gasteiger partial charge in [-0.3, -0.25) is 0 Å². The number of rotatable bonds is 6. The summed E-state index contributed by atoms with van der Waals surface area (Å²) < 4.78 is 5.49. The van der Waals surface area contributed by atoms with Gasteiger partial charge in [0.2, 0.25) is 5.88 Å². The fourth-order valence-electron chi connectivity index (χ4n) is 2.03. The quantitative estimate of drug-likeness (QED) is 0.718. The Hall–Kier alpha value is -1.49. The molecule has 1 saturated carbocycles. The molecule has 1 aliphatic carbocycles. The molecule has 2 rings (SSSR count). The van der Waals surface area contributed by atoms with Gasteiger partial charge in [0, 0.05) is 0 Å². The van der Waals surface area contributed by atoms with E-state index in [9.17, 15) is 5.11 Å². The van der Waals surface area contributed by atoms with Crippen LogP contribution >= 0.6 is 0 Å². The molecule has 4 N–H and O–H groups in total. The smallest absolute Gasteiger partial charge is 0.239 e. The fraction of sp³-hybridized carbons (Fsp3) is 0.615. The lowest BCUT2D eigenvalue weighted by molar-refractivity contribution is 0.143. The van der Waals surface area contributed by atoms with E-state index in [-0.39, 0.29) is 12.1 Å². The zero-order valence-corrected chi connectivity index (χ0v) is 10.8. The van der Waals surface area contributed by atoms with Crippen molar-refractivity contribution < 1.29 is 9.84 Å². The predicted molar refractivity (Wildman–Crippen MR) is 71.7 cm³/mol. The number of hydrogen-bond donors (Lipinski definition) is 3. The Morgan fingerprint density at radius 1 is 1.50 bits per heavy atom. The molecular weight excluding hydrogens is 230 g/mol. The van der Waals surface area contributed by atoms with Gasteiger partial charge >= 0.3 is 0 Å². The first-order valence-electron chi connectivity index (χ1n) is 6.47. The third kappa shape index (κ3) is 2.67. The van der Waals surface area contributed by atoms with Crippen molar-refractivity contribution >= 4 is 11.5 Å². The summed E-state index contributed by atoms with van der Waals surface area (Å²) in [5, 5.41) is 12.7. The molecule has 0 atom stereocenters. The van der Waals surface area contributed by atoms with Crippen LogP contribution in [0.4, 0.5) is 11.5 Å². The first kappa shape index (κ1) is 13.0. The molecule has 0 aromatic carbocycles. The second-order valence-electron chi connectivity index (χ2n) is 4.86. The van der Waals surface area contributed by atoms with Crippen molar-refractivity contribution in [1.82, 2.24) is 4.98 Å². The maximum absolute atomic E-state index is 9.42. The van der Waals surface area contributed by atoms with E-state index < -0.39 is 0 Å². The van der Waals surface area contributed by atoms with Gasteiger partial charge < -0.3 is 20.9 Å². The van der Waals surface area contributed by atoms with Gasteiger partial charge in [-0.05, 0) is 37.8 Å². The predicted octanol–water partition coefficient (Wildman–Crippen LogP) is 1.78. The average Bonchev–Trinajstić information content (AvgIpc) is 2.34. The molecule has 1 aromatic heterocycles. The van der Waals surface area contributed by atoms with Gasteiger partial charge in [0.15, 0.2) is 0 Å². The highest BCUT2D eigenvalue weighted by Gasteiger charge is 2.36. The van der Waals surface area contributed by atoms with Gasteiger partial charge in [0.1, 0.15) is 5.82 Å². The Morgan fingerprint density at radius 3 is 2.83 bits per heavy atom. The molecule has 5 nitrogen and oxygen atoms in total. The van der Waals surface area contributed by atoms with E-state index in [0.29, 0.717) is 24.0 Å². The summed E-state index contributed by atoms with van der Waals surface area (Å²) in [5.74, 6) is 1.18. The van der Waals surface area contributed by atoms with E-state index in [0.717, 1.165) is 25.7 Å². The molecule has 0 spiro atoms. The highest BCUT2D eigenvalue weighted by molar-refractivity contribution is 5.54. The van der Waals surface area contributed by atoms with Crippen molar-refractivity contribution in [3.63, 3.8) is 0 Å². The van der Waals surface area contributed by atoms with Crippen LogP contribution < -0.4 is 15.8 Å². The SMILES string of the molecule is CCCOc1nc(NC2(CO)CCC2)ccc1N. The Morgan fingerprint density at radius 2 is 2.28 bits per heavy atom. The van der Waals surface area contributed by atoms with Crippen molar-refractivity contribution in [1.29, 1.82) is 0 Å². The van der Waals surface area contributed by atoms with E-state index in [2.05, 4.69) is 10.3 Å². The van der Waals surface area contributed by atoms with Gasteiger partial charge in [-0.15, -0.1) is 0 Å². The van der Waals surface area contributed by atoms with Crippen LogP contribution in [-0.2, 0) is 0 Å². The zero-order valence-electron chi connectivity index (χ0n) is 10.8. The molecule has 1 heterocycles. The highest BCUT2D eigenvalue weighted by atomic mass is 16.5. The average molecular weight is 251 g/mol. The molecule has 0 aliphatic heterocycles. The number of nitrogens with two attached hydrogens (primary N) is 1. The van der Waals surface area contributed by atoms with Gasteiger partial charge in [-0.2, -0.15) is 4.98 Å². The molecular formula is C13H21N3O2. The molecule has 1 aromatic rings. The largest absolute Gasteiger partial charge is 0.476 e. The number of anilines is 2. The molecule has 0 amide bonds. The number of pyridine rings is 1. The number of ether oxygens (including phenoxy) is 1. The lowest BCUT2D eigenvalue weighted by Crippen LogP contribution is -2.48. The number of aromatic nitrogens is 1. The summed E-state index contributed by atoms with van der Waals surface area (Å²) in [6, 6.07) is 3.61. The van der Waals surface area contributed by atoms with E-state index in [1.165, 1.54) is 0 Å². The summed E-state index contributed by atoms with van der Waals surface area (Å²) in [5.41, 5.74) is 6.15. The minimum Gasteiger partial charge on any atom is -0.476 e. The Balaban J connectivity index is 2.08. The van der Waals surface area contributed by atoms with Gasteiger partial charge in [-0.25, -0.2) is 0 Å². The van der Waals surface area contributed by atoms with E-state index in [1.807, 2.05) is 13.0 Å². The molecule has 0 radical (unpaired) electrons. The minimum absolute atomic E-state index is 0.129. The van der Waals surface area contributed by atoms with Crippen molar-refractivity contribution in [3.8, 4) is 5.88 Å². The van der Waals surface area contributed by atoms with Crippen LogP contribution in [-0.4, -0.2) is 28.8 Å². The summed E-state index contributed by atoms with van der Waals surface area (Å²) >= 11 is 0. The topological polar surface area (TPSA) is 80.4 Å². The monoisotopic (exact) mass is 251 g/mol. The van der Waals surface area contributed by atoms with Gasteiger partial charge in [0.25, 0.3) is 0 Å². The van der Waals surface area contributed by atoms with Crippen LogP contribution in [0.25, 0.3) is 0 Å². The van der Waals surface area contributed by atoms with Crippen LogP contribution in [0.2, 0.25) is 0 Å². The molecule has 5 heteroatoms. The van der Waals surface area contributed by atoms with Crippen LogP contribution in [0.15, 0.2) is 12.1 Å². The van der Waals surface area contributed by atoms with Crippen LogP contribution in [0.3, 0.4) is 0 Å². The first-order valence-corrected chi connectivity index (χ1v) is 6.47. The lowest BCUT2D eigenvalue weighted by Gasteiger charge is -2.41. The molecule has 1 fully saturated rings. The molecule has 0 unspecified atom stereocenters. The number of aliphatic hydroxyl groups excluding tert-OH is 1. The van der Waals surface area contributed by atoms with Gasteiger partial charge in [0.05, 0.1) is 24.4 Å². The highest BCUT2D eigenvalue weighted by Crippen LogP contribution is 2.35. The maximum atomic E-state index is 9.42. The molecule has 0 bridgehead atoms. The normalized spacial score (nSPS) is 17.0. The second-order valence-corrected chi connectivity index (χ2v) is 4.86. The van der Waals surface area contributed by atoms with Gasteiger partial charge in [-0.1, -0.05) is 6.92 Å². The number of nitrogen functional groups attached to an aromatic ring is 1. The Bertz CT molecular complexity index is 400. The number of hydrogen-bond acceptors (Lipinski definition) is 5. The number of nitrogens with one attached hydrogen (secondary N) is 1. The molecule has 0 saturated heterocycles. The van der Waals surface area contributed by atoms with E-state index in [1.54, 1.807) is 6.07 Å². The first-order chi connectivity index (χ1) is 8.69.